The van der Waals surface area contributed by atoms with Crippen molar-refractivity contribution in [1.82, 2.24) is 20.6 Å². The summed E-state index contributed by atoms with van der Waals surface area (Å²) in [7, 11) is 0. The minimum absolute atomic E-state index is 0.0456. The average Bonchev–Trinajstić information content (AvgIpc) is 2.73. The molecule has 1 fully saturated rings. The van der Waals surface area contributed by atoms with Gasteiger partial charge in [-0.15, -0.1) is 0 Å². The van der Waals surface area contributed by atoms with E-state index in [9.17, 15) is 9.59 Å². The van der Waals surface area contributed by atoms with Crippen molar-refractivity contribution in [3.8, 4) is 0 Å². The molecule has 7 nitrogen and oxygen atoms in total. The molecule has 2 heterocycles. The van der Waals surface area contributed by atoms with Gasteiger partial charge < -0.3 is 15.5 Å². The Morgan fingerprint density at radius 3 is 2.65 bits per heavy atom. The second-order valence-electron chi connectivity index (χ2n) is 8.12. The zero-order valence-electron chi connectivity index (χ0n) is 17.6. The molecule has 2 amide bonds. The molecule has 1 saturated heterocycles. The zero-order chi connectivity index (χ0) is 22.4. The van der Waals surface area contributed by atoms with Crippen LogP contribution >= 0.6 is 23.2 Å². The first-order valence-corrected chi connectivity index (χ1v) is 11.2. The van der Waals surface area contributed by atoms with Crippen molar-refractivity contribution in [3.05, 3.63) is 52.3 Å². The molecule has 0 bridgehead atoms. The van der Waals surface area contributed by atoms with Gasteiger partial charge in [0.2, 0.25) is 11.9 Å². The minimum atomic E-state index is -0.664. The smallest absolute Gasteiger partial charge is 0.253 e. The second-order valence-corrected chi connectivity index (χ2v) is 8.97. The lowest BCUT2D eigenvalue weighted by molar-refractivity contribution is -0.124. The fraction of sp³-hybridized carbons (Fsp3) is 0.455. The highest BCUT2D eigenvalue weighted by Gasteiger charge is 2.28. The summed E-state index contributed by atoms with van der Waals surface area (Å²) < 4.78 is 0. The predicted molar refractivity (Wildman–Crippen MR) is 123 cm³/mol. The summed E-state index contributed by atoms with van der Waals surface area (Å²) in [4.78, 5) is 36.5. The Morgan fingerprint density at radius 1 is 1.23 bits per heavy atom. The number of carbonyl (C=O) groups is 2. The SMILES string of the molecule is CC(C)CC(NC(=O)c1ccc(Cl)cc1Cl)C(=O)NC1CCCN(c2ncccn2)C1. The summed E-state index contributed by atoms with van der Waals surface area (Å²) in [5.74, 6) is 0.279. The van der Waals surface area contributed by atoms with Gasteiger partial charge in [-0.05, 0) is 49.4 Å². The standard InChI is InChI=1S/C22H27Cl2N5O2/c1-14(2)11-19(28-20(30)17-7-6-15(23)12-18(17)24)21(31)27-16-5-3-10-29(13-16)22-25-8-4-9-26-22/h4,6-9,12,14,16,19H,3,5,10-11,13H2,1-2H3,(H,27,31)(H,28,30). The summed E-state index contributed by atoms with van der Waals surface area (Å²) in [6.07, 6.45) is 5.72. The molecule has 0 spiro atoms. The molecule has 2 unspecified atom stereocenters. The predicted octanol–water partition coefficient (Wildman–Crippen LogP) is 3.71. The van der Waals surface area contributed by atoms with Gasteiger partial charge in [0, 0.05) is 36.5 Å². The number of piperidine rings is 1. The molecule has 9 heteroatoms. The molecule has 166 valence electrons. The summed E-state index contributed by atoms with van der Waals surface area (Å²) in [5, 5.41) is 6.64. The van der Waals surface area contributed by atoms with E-state index in [-0.39, 0.29) is 28.5 Å². The van der Waals surface area contributed by atoms with E-state index in [4.69, 9.17) is 23.2 Å². The lowest BCUT2D eigenvalue weighted by atomic mass is 10.0. The molecule has 1 aliphatic heterocycles. The van der Waals surface area contributed by atoms with Crippen LogP contribution in [0.15, 0.2) is 36.7 Å². The van der Waals surface area contributed by atoms with Gasteiger partial charge in [0.25, 0.3) is 5.91 Å². The number of benzene rings is 1. The maximum atomic E-state index is 13.1. The van der Waals surface area contributed by atoms with Gasteiger partial charge in [0.05, 0.1) is 10.6 Å². The van der Waals surface area contributed by atoms with Gasteiger partial charge in [-0.25, -0.2) is 9.97 Å². The van der Waals surface area contributed by atoms with Crippen LogP contribution in [0.3, 0.4) is 0 Å². The van der Waals surface area contributed by atoms with Crippen LogP contribution in [0.1, 0.15) is 43.5 Å². The fourth-order valence-corrected chi connectivity index (χ4v) is 4.14. The van der Waals surface area contributed by atoms with Crippen LogP contribution in [0.5, 0.6) is 0 Å². The maximum absolute atomic E-state index is 13.1. The van der Waals surface area contributed by atoms with Crippen molar-refractivity contribution in [1.29, 1.82) is 0 Å². The minimum Gasteiger partial charge on any atom is -0.350 e. The highest BCUT2D eigenvalue weighted by atomic mass is 35.5. The molecule has 1 aromatic heterocycles. The third-order valence-electron chi connectivity index (χ3n) is 5.11. The molecule has 2 atom stereocenters. The first-order chi connectivity index (χ1) is 14.8. The van der Waals surface area contributed by atoms with Crippen molar-refractivity contribution in [2.24, 2.45) is 5.92 Å². The highest BCUT2D eigenvalue weighted by Crippen LogP contribution is 2.21. The van der Waals surface area contributed by atoms with Crippen LogP contribution in [-0.4, -0.2) is 47.0 Å². The Bertz CT molecular complexity index is 910. The highest BCUT2D eigenvalue weighted by molar-refractivity contribution is 6.36. The monoisotopic (exact) mass is 463 g/mol. The topological polar surface area (TPSA) is 87.2 Å². The van der Waals surface area contributed by atoms with E-state index in [0.29, 0.717) is 23.9 Å². The quantitative estimate of drug-likeness (QED) is 0.653. The molecule has 0 aliphatic carbocycles. The van der Waals surface area contributed by atoms with Crippen LogP contribution in [0.4, 0.5) is 5.95 Å². The van der Waals surface area contributed by atoms with Crippen LogP contribution in [0.25, 0.3) is 0 Å². The van der Waals surface area contributed by atoms with Crippen LogP contribution < -0.4 is 15.5 Å². The van der Waals surface area contributed by atoms with Crippen LogP contribution in [-0.2, 0) is 4.79 Å². The van der Waals surface area contributed by atoms with Gasteiger partial charge >= 0.3 is 0 Å². The van der Waals surface area contributed by atoms with Crippen molar-refractivity contribution in [2.75, 3.05) is 18.0 Å². The molecular weight excluding hydrogens is 437 g/mol. The van der Waals surface area contributed by atoms with Crippen molar-refractivity contribution in [3.63, 3.8) is 0 Å². The van der Waals surface area contributed by atoms with Crippen LogP contribution in [0.2, 0.25) is 10.0 Å². The number of hydrogen-bond acceptors (Lipinski definition) is 5. The van der Waals surface area contributed by atoms with Crippen molar-refractivity contribution < 1.29 is 9.59 Å². The Morgan fingerprint density at radius 2 is 1.97 bits per heavy atom. The van der Waals surface area contributed by atoms with Gasteiger partial charge in [-0.3, -0.25) is 9.59 Å². The first kappa shape index (κ1) is 23.3. The normalized spacial score (nSPS) is 17.3. The third kappa shape index (κ3) is 6.55. The van der Waals surface area contributed by atoms with Gasteiger partial charge in [0.1, 0.15) is 6.04 Å². The molecule has 2 N–H and O–H groups in total. The van der Waals surface area contributed by atoms with E-state index in [0.717, 1.165) is 19.4 Å². The summed E-state index contributed by atoms with van der Waals surface area (Å²) in [6.45, 7) is 5.49. The number of carbonyl (C=O) groups excluding carboxylic acids is 2. The summed E-state index contributed by atoms with van der Waals surface area (Å²) >= 11 is 12.1. The molecular formula is C22H27Cl2N5O2. The summed E-state index contributed by atoms with van der Waals surface area (Å²) in [6, 6.07) is 5.74. The number of nitrogens with one attached hydrogen (secondary N) is 2. The number of hydrogen-bond donors (Lipinski definition) is 2. The van der Waals surface area contributed by atoms with E-state index in [1.54, 1.807) is 30.6 Å². The molecule has 1 aliphatic rings. The maximum Gasteiger partial charge on any atom is 0.253 e. The fourth-order valence-electron chi connectivity index (χ4n) is 3.65. The largest absolute Gasteiger partial charge is 0.350 e. The number of anilines is 1. The van der Waals surface area contributed by atoms with Crippen molar-refractivity contribution >= 4 is 41.0 Å². The Balaban J connectivity index is 1.66. The van der Waals surface area contributed by atoms with Gasteiger partial charge in [-0.1, -0.05) is 37.0 Å². The molecule has 31 heavy (non-hydrogen) atoms. The van der Waals surface area contributed by atoms with E-state index in [1.165, 1.54) is 6.07 Å². The Hall–Kier alpha value is -2.38. The second kappa shape index (κ2) is 10.8. The average molecular weight is 464 g/mol. The van der Waals surface area contributed by atoms with Gasteiger partial charge in [-0.2, -0.15) is 0 Å². The molecule has 3 rings (SSSR count). The van der Waals surface area contributed by atoms with Gasteiger partial charge in [0.15, 0.2) is 0 Å². The third-order valence-corrected chi connectivity index (χ3v) is 5.66. The number of aromatic nitrogens is 2. The summed E-state index contributed by atoms with van der Waals surface area (Å²) in [5.41, 5.74) is 0.290. The lowest BCUT2D eigenvalue weighted by Gasteiger charge is -2.34. The first-order valence-electron chi connectivity index (χ1n) is 10.4. The zero-order valence-corrected chi connectivity index (χ0v) is 19.2. The van der Waals surface area contributed by atoms with E-state index in [2.05, 4.69) is 25.5 Å². The van der Waals surface area contributed by atoms with E-state index < -0.39 is 11.9 Å². The molecule has 0 saturated carbocycles. The Labute approximate surface area is 192 Å². The lowest BCUT2D eigenvalue weighted by Crippen LogP contribution is -2.54. The Kier molecular flexibility index (Phi) is 8.09. The number of halogens is 2. The molecule has 0 radical (unpaired) electrons. The molecule has 2 aromatic rings. The molecule has 1 aromatic carbocycles. The number of amides is 2. The number of nitrogens with zero attached hydrogens (tertiary/aromatic N) is 3. The number of rotatable bonds is 7. The van der Waals surface area contributed by atoms with Crippen LogP contribution in [0, 0.1) is 5.92 Å². The van der Waals surface area contributed by atoms with Crippen molar-refractivity contribution in [2.45, 2.75) is 45.2 Å². The van der Waals surface area contributed by atoms with E-state index >= 15 is 0 Å². The van der Waals surface area contributed by atoms with E-state index in [1.807, 2.05) is 13.8 Å².